The Labute approximate surface area is 137 Å². The maximum atomic E-state index is 11.9. The summed E-state index contributed by atoms with van der Waals surface area (Å²) in [7, 11) is 0. The highest BCUT2D eigenvalue weighted by atomic mass is 35.5. The number of halogens is 1. The topological polar surface area (TPSA) is 77.2 Å². The molecule has 0 aliphatic heterocycles. The van der Waals surface area contributed by atoms with Crippen LogP contribution < -0.4 is 10.1 Å². The van der Waals surface area contributed by atoms with Crippen molar-refractivity contribution in [3.8, 4) is 5.88 Å². The van der Waals surface area contributed by atoms with Crippen LogP contribution in [0.25, 0.3) is 11.0 Å². The quantitative estimate of drug-likeness (QED) is 0.702. The van der Waals surface area contributed by atoms with Crippen LogP contribution in [0.15, 0.2) is 47.1 Å². The summed E-state index contributed by atoms with van der Waals surface area (Å²) in [6.45, 7) is 0.629. The molecule has 0 bridgehead atoms. The van der Waals surface area contributed by atoms with E-state index in [-0.39, 0.29) is 18.9 Å². The number of nitrogens with one attached hydrogen (secondary N) is 1. The van der Waals surface area contributed by atoms with Crippen molar-refractivity contribution in [2.75, 3.05) is 13.2 Å². The van der Waals surface area contributed by atoms with Gasteiger partial charge in [-0.1, -0.05) is 28.9 Å². The maximum Gasteiger partial charge on any atom is 0.232 e. The lowest BCUT2D eigenvalue weighted by Gasteiger charge is -2.07. The Morgan fingerprint density at radius 3 is 3.00 bits per heavy atom. The standard InChI is InChI=1S/C16H14ClN3O3/c17-12-5-3-7-19-16(12)22-9-8-18-15(21)10-13-11-4-1-2-6-14(11)23-20-13/h1-7H,8-10H2,(H,18,21). The minimum absolute atomic E-state index is 0.153. The van der Waals surface area contributed by atoms with E-state index in [1.807, 2.05) is 24.3 Å². The first kappa shape index (κ1) is 15.3. The molecule has 0 spiro atoms. The van der Waals surface area contributed by atoms with Gasteiger partial charge in [0.2, 0.25) is 11.8 Å². The molecule has 0 aliphatic rings. The van der Waals surface area contributed by atoms with E-state index in [4.69, 9.17) is 20.9 Å². The number of carbonyl (C=O) groups is 1. The van der Waals surface area contributed by atoms with E-state index in [9.17, 15) is 4.79 Å². The highest BCUT2D eigenvalue weighted by Crippen LogP contribution is 2.19. The summed E-state index contributed by atoms with van der Waals surface area (Å²) in [5.74, 6) is 0.200. The Bertz CT molecular complexity index is 819. The third-order valence-corrected chi connectivity index (χ3v) is 3.46. The predicted octanol–water partition coefficient (Wildman–Crippen LogP) is 2.61. The zero-order chi connectivity index (χ0) is 16.1. The molecule has 6 nitrogen and oxygen atoms in total. The summed E-state index contributed by atoms with van der Waals surface area (Å²) in [6, 6.07) is 10.8. The molecule has 3 rings (SSSR count). The lowest BCUT2D eigenvalue weighted by molar-refractivity contribution is -0.120. The Kier molecular flexibility index (Phi) is 4.73. The van der Waals surface area contributed by atoms with E-state index in [1.54, 1.807) is 18.3 Å². The fourth-order valence-corrected chi connectivity index (χ4v) is 2.27. The number of hydrogen-bond donors (Lipinski definition) is 1. The first-order valence-electron chi connectivity index (χ1n) is 7.07. The number of ether oxygens (including phenoxy) is 1. The number of hydrogen-bond acceptors (Lipinski definition) is 5. The van der Waals surface area contributed by atoms with Gasteiger partial charge >= 0.3 is 0 Å². The third kappa shape index (κ3) is 3.78. The number of aromatic nitrogens is 2. The van der Waals surface area contributed by atoms with Gasteiger partial charge in [-0.3, -0.25) is 4.79 Å². The second-order valence-electron chi connectivity index (χ2n) is 4.79. The van der Waals surface area contributed by atoms with Crippen molar-refractivity contribution in [2.24, 2.45) is 0 Å². The molecule has 7 heteroatoms. The molecule has 23 heavy (non-hydrogen) atoms. The van der Waals surface area contributed by atoms with Gasteiger partial charge in [0.1, 0.15) is 17.3 Å². The summed E-state index contributed by atoms with van der Waals surface area (Å²) in [5.41, 5.74) is 1.29. The average molecular weight is 332 g/mol. The molecule has 1 N–H and O–H groups in total. The second kappa shape index (κ2) is 7.11. The van der Waals surface area contributed by atoms with Gasteiger partial charge in [-0.15, -0.1) is 0 Å². The molecule has 118 valence electrons. The van der Waals surface area contributed by atoms with E-state index in [2.05, 4.69) is 15.5 Å². The molecular weight excluding hydrogens is 318 g/mol. The van der Waals surface area contributed by atoms with Gasteiger partial charge in [0.25, 0.3) is 0 Å². The van der Waals surface area contributed by atoms with Crippen LogP contribution in [0.3, 0.4) is 0 Å². The number of benzene rings is 1. The van der Waals surface area contributed by atoms with Gasteiger partial charge in [0.05, 0.1) is 13.0 Å². The Morgan fingerprint density at radius 1 is 1.26 bits per heavy atom. The number of carbonyl (C=O) groups excluding carboxylic acids is 1. The van der Waals surface area contributed by atoms with E-state index >= 15 is 0 Å². The van der Waals surface area contributed by atoms with Crippen molar-refractivity contribution < 1.29 is 14.1 Å². The van der Waals surface area contributed by atoms with Crippen molar-refractivity contribution in [1.29, 1.82) is 0 Å². The van der Waals surface area contributed by atoms with Gasteiger partial charge in [-0.05, 0) is 24.3 Å². The zero-order valence-electron chi connectivity index (χ0n) is 12.2. The molecule has 1 amide bonds. The number of fused-ring (bicyclic) bond motifs is 1. The molecule has 2 heterocycles. The summed E-state index contributed by atoms with van der Waals surface area (Å²) >= 11 is 5.92. The molecule has 1 aromatic carbocycles. The minimum atomic E-state index is -0.153. The first-order chi connectivity index (χ1) is 11.2. The van der Waals surface area contributed by atoms with Crippen molar-refractivity contribution >= 4 is 28.5 Å². The Hall–Kier alpha value is -2.60. The second-order valence-corrected chi connectivity index (χ2v) is 5.20. The molecule has 0 atom stereocenters. The fraction of sp³-hybridized carbons (Fsp3) is 0.188. The van der Waals surface area contributed by atoms with Gasteiger partial charge < -0.3 is 14.6 Å². The largest absolute Gasteiger partial charge is 0.475 e. The number of amides is 1. The third-order valence-electron chi connectivity index (χ3n) is 3.17. The highest BCUT2D eigenvalue weighted by Gasteiger charge is 2.11. The smallest absolute Gasteiger partial charge is 0.232 e. The number of rotatable bonds is 6. The van der Waals surface area contributed by atoms with Gasteiger partial charge in [-0.25, -0.2) is 4.98 Å². The molecule has 0 fully saturated rings. The molecule has 0 unspecified atom stereocenters. The Morgan fingerprint density at radius 2 is 2.13 bits per heavy atom. The van der Waals surface area contributed by atoms with Crippen molar-refractivity contribution in [2.45, 2.75) is 6.42 Å². The minimum Gasteiger partial charge on any atom is -0.475 e. The molecule has 0 radical (unpaired) electrons. The summed E-state index contributed by atoms with van der Waals surface area (Å²) in [6.07, 6.45) is 1.75. The van der Waals surface area contributed by atoms with Crippen molar-refractivity contribution in [1.82, 2.24) is 15.5 Å². The summed E-state index contributed by atoms with van der Waals surface area (Å²) in [4.78, 5) is 15.9. The number of para-hydroxylation sites is 1. The molecular formula is C16H14ClN3O3. The number of nitrogens with zero attached hydrogens (tertiary/aromatic N) is 2. The van der Waals surface area contributed by atoms with Crippen LogP contribution in [0.1, 0.15) is 5.69 Å². The lowest BCUT2D eigenvalue weighted by atomic mass is 10.2. The monoisotopic (exact) mass is 331 g/mol. The van der Waals surface area contributed by atoms with Gasteiger partial charge in [-0.2, -0.15) is 0 Å². The van der Waals surface area contributed by atoms with Crippen LogP contribution in [-0.2, 0) is 11.2 Å². The molecule has 3 aromatic rings. The molecule has 0 saturated carbocycles. The SMILES string of the molecule is O=C(Cc1noc2ccccc12)NCCOc1ncccc1Cl. The zero-order valence-corrected chi connectivity index (χ0v) is 12.9. The lowest BCUT2D eigenvalue weighted by Crippen LogP contribution is -2.29. The maximum absolute atomic E-state index is 11.9. The van der Waals surface area contributed by atoms with Crippen LogP contribution in [0.4, 0.5) is 0 Å². The van der Waals surface area contributed by atoms with Gasteiger partial charge in [0.15, 0.2) is 5.58 Å². The summed E-state index contributed by atoms with van der Waals surface area (Å²) < 4.78 is 10.6. The van der Waals surface area contributed by atoms with E-state index in [0.29, 0.717) is 28.7 Å². The summed E-state index contributed by atoms with van der Waals surface area (Å²) in [5, 5.41) is 7.97. The van der Waals surface area contributed by atoms with Crippen LogP contribution in [0, 0.1) is 0 Å². The molecule has 0 aliphatic carbocycles. The fourth-order valence-electron chi connectivity index (χ4n) is 2.10. The van der Waals surface area contributed by atoms with E-state index in [1.165, 1.54) is 0 Å². The first-order valence-corrected chi connectivity index (χ1v) is 7.45. The Balaban J connectivity index is 1.48. The van der Waals surface area contributed by atoms with Crippen LogP contribution in [-0.4, -0.2) is 29.2 Å². The number of pyridine rings is 1. The highest BCUT2D eigenvalue weighted by molar-refractivity contribution is 6.31. The average Bonchev–Trinajstić information content (AvgIpc) is 2.96. The molecule has 2 aromatic heterocycles. The van der Waals surface area contributed by atoms with Crippen LogP contribution in [0.5, 0.6) is 5.88 Å². The predicted molar refractivity (Wildman–Crippen MR) is 85.5 cm³/mol. The van der Waals surface area contributed by atoms with E-state index in [0.717, 1.165) is 5.39 Å². The van der Waals surface area contributed by atoms with E-state index < -0.39 is 0 Å². The van der Waals surface area contributed by atoms with Crippen LogP contribution in [0.2, 0.25) is 5.02 Å². The van der Waals surface area contributed by atoms with Crippen molar-refractivity contribution in [3.05, 3.63) is 53.3 Å². The van der Waals surface area contributed by atoms with Crippen LogP contribution >= 0.6 is 11.6 Å². The molecule has 0 saturated heterocycles. The van der Waals surface area contributed by atoms with Crippen molar-refractivity contribution in [3.63, 3.8) is 0 Å². The normalized spacial score (nSPS) is 10.7. The van der Waals surface area contributed by atoms with Gasteiger partial charge in [0, 0.05) is 11.6 Å².